The summed E-state index contributed by atoms with van der Waals surface area (Å²) in [6, 6.07) is 14.8. The van der Waals surface area contributed by atoms with Gasteiger partial charge in [0.2, 0.25) is 0 Å². The number of aryl methyl sites for hydroxylation is 5. The van der Waals surface area contributed by atoms with Crippen LogP contribution in [-0.4, -0.2) is 50.4 Å². The number of methoxy groups -OCH3 is 1. The van der Waals surface area contributed by atoms with Crippen molar-refractivity contribution in [2.24, 2.45) is 14.1 Å². The first kappa shape index (κ1) is 35.3. The summed E-state index contributed by atoms with van der Waals surface area (Å²) in [6.45, 7) is 3.60. The number of carbonyl (C=O) groups excluding carboxylic acids is 1. The van der Waals surface area contributed by atoms with Gasteiger partial charge in [0, 0.05) is 54.0 Å². The standard InChI is InChI=1S/C41H43ClFN5O5/c1-24-37-34(45-48(24)36-9-5-6-16-53-36)23-51-22-28-21-29(47(3)44-28)12-10-25-18-26-20-27(43)11-13-30(26)35(19-25)52-17-7-8-31-32-14-15-33(42)38(37)39(32)46(2)40(31)41(49)50-4/h11,13-15,18-21,36H,5-10,12,16-17,22-23H2,1-4H3. The summed E-state index contributed by atoms with van der Waals surface area (Å²) in [5.74, 6) is -0.0288. The first-order valence-corrected chi connectivity index (χ1v) is 18.6. The van der Waals surface area contributed by atoms with Gasteiger partial charge in [-0.05, 0) is 105 Å². The van der Waals surface area contributed by atoms with Gasteiger partial charge in [-0.2, -0.15) is 10.2 Å². The Labute approximate surface area is 312 Å². The van der Waals surface area contributed by atoms with Crippen molar-refractivity contribution in [1.82, 2.24) is 24.1 Å². The Kier molecular flexibility index (Phi) is 9.74. The zero-order chi connectivity index (χ0) is 36.8. The number of ether oxygens (including phenoxy) is 4. The van der Waals surface area contributed by atoms with Crippen LogP contribution in [0.4, 0.5) is 4.39 Å². The van der Waals surface area contributed by atoms with E-state index < -0.39 is 5.97 Å². The Hall–Kier alpha value is -4.71. The molecule has 0 spiro atoms. The molecule has 5 heterocycles. The maximum atomic E-state index is 14.4. The van der Waals surface area contributed by atoms with E-state index in [2.05, 4.69) is 6.07 Å². The van der Waals surface area contributed by atoms with Gasteiger partial charge >= 0.3 is 5.97 Å². The maximum Gasteiger partial charge on any atom is 0.354 e. The molecule has 8 bridgehead atoms. The third kappa shape index (κ3) is 6.59. The van der Waals surface area contributed by atoms with Gasteiger partial charge in [-0.25, -0.2) is 13.9 Å². The van der Waals surface area contributed by atoms with Crippen LogP contribution in [0.25, 0.3) is 32.8 Å². The van der Waals surface area contributed by atoms with E-state index in [-0.39, 0.29) is 25.3 Å². The summed E-state index contributed by atoms with van der Waals surface area (Å²) < 4.78 is 44.5. The van der Waals surface area contributed by atoms with Gasteiger partial charge in [-0.3, -0.25) is 4.68 Å². The third-order valence-corrected chi connectivity index (χ3v) is 11.0. The molecule has 3 aromatic carbocycles. The van der Waals surface area contributed by atoms with Gasteiger partial charge in [-0.15, -0.1) is 0 Å². The number of benzene rings is 3. The molecule has 1 fully saturated rings. The number of fused-ring (bicyclic) bond motifs is 8. The number of hydrogen-bond acceptors (Lipinski definition) is 7. The van der Waals surface area contributed by atoms with Gasteiger partial charge in [0.1, 0.15) is 23.5 Å². The summed E-state index contributed by atoms with van der Waals surface area (Å²) in [7, 11) is 5.21. The minimum absolute atomic E-state index is 0.198. The van der Waals surface area contributed by atoms with Gasteiger partial charge < -0.3 is 23.5 Å². The Morgan fingerprint density at radius 3 is 2.60 bits per heavy atom. The highest BCUT2D eigenvalue weighted by Crippen LogP contribution is 2.43. The van der Waals surface area contributed by atoms with Gasteiger partial charge in [0.25, 0.3) is 0 Å². The lowest BCUT2D eigenvalue weighted by atomic mass is 9.98. The molecule has 1 atom stereocenters. The number of nitrogens with zero attached hydrogens (tertiary/aromatic N) is 5. The number of esters is 1. The number of aromatic nitrogens is 5. The Morgan fingerprint density at radius 2 is 1.79 bits per heavy atom. The van der Waals surface area contributed by atoms with E-state index >= 15 is 0 Å². The van der Waals surface area contributed by atoms with Crippen molar-refractivity contribution in [1.29, 1.82) is 0 Å². The topological polar surface area (TPSA) is 94.6 Å². The molecule has 8 rings (SSSR count). The highest BCUT2D eigenvalue weighted by molar-refractivity contribution is 6.35. The Balaban J connectivity index is 1.27. The van der Waals surface area contributed by atoms with E-state index in [9.17, 15) is 9.18 Å². The van der Waals surface area contributed by atoms with E-state index in [1.807, 2.05) is 59.2 Å². The number of hydrogen-bond donors (Lipinski definition) is 0. The van der Waals surface area contributed by atoms with Crippen LogP contribution in [0.2, 0.25) is 5.02 Å². The highest BCUT2D eigenvalue weighted by atomic mass is 35.5. The summed E-state index contributed by atoms with van der Waals surface area (Å²) in [4.78, 5) is 13.5. The number of rotatable bonds is 2. The molecule has 0 aliphatic carbocycles. The van der Waals surface area contributed by atoms with Crippen LogP contribution in [0, 0.1) is 12.7 Å². The zero-order valence-corrected chi connectivity index (χ0v) is 31.3. The Morgan fingerprint density at radius 1 is 0.943 bits per heavy atom. The molecule has 2 aliphatic rings. The average Bonchev–Trinajstić information content (AvgIpc) is 3.77. The molecule has 0 amide bonds. The van der Waals surface area contributed by atoms with Crippen molar-refractivity contribution in [2.75, 3.05) is 20.3 Å². The monoisotopic (exact) mass is 739 g/mol. The van der Waals surface area contributed by atoms with E-state index in [4.69, 9.17) is 40.7 Å². The number of carbonyl (C=O) groups is 1. The van der Waals surface area contributed by atoms with E-state index in [0.717, 1.165) is 92.4 Å². The molecule has 12 heteroatoms. The molecule has 10 nitrogen and oxygen atoms in total. The molecule has 53 heavy (non-hydrogen) atoms. The number of halogens is 2. The second-order valence-corrected chi connectivity index (χ2v) is 14.4. The van der Waals surface area contributed by atoms with Crippen molar-refractivity contribution >= 4 is 39.2 Å². The SMILES string of the molecule is COC(=O)c1c2c3ccc(Cl)c(c3n1C)-c1c(nn(C3CCCCO3)c1C)COCc1cc(n(C)n1)CCc1cc(c3ccc(F)cc3c1)OCCC2. The summed E-state index contributed by atoms with van der Waals surface area (Å²) in [5, 5.41) is 12.9. The van der Waals surface area contributed by atoms with Crippen molar-refractivity contribution < 1.29 is 28.1 Å². The van der Waals surface area contributed by atoms with Crippen LogP contribution in [0.15, 0.2) is 48.5 Å². The maximum absolute atomic E-state index is 14.4. The van der Waals surface area contributed by atoms with Crippen LogP contribution >= 0.6 is 11.6 Å². The molecule has 1 unspecified atom stereocenters. The summed E-state index contributed by atoms with van der Waals surface area (Å²) in [6.07, 6.45) is 5.33. The lowest BCUT2D eigenvalue weighted by Gasteiger charge is -2.24. The minimum Gasteiger partial charge on any atom is -0.493 e. The van der Waals surface area contributed by atoms with E-state index in [0.29, 0.717) is 48.9 Å². The first-order valence-electron chi connectivity index (χ1n) is 18.2. The van der Waals surface area contributed by atoms with Crippen LogP contribution in [0.3, 0.4) is 0 Å². The normalized spacial score (nSPS) is 17.1. The predicted octanol–water partition coefficient (Wildman–Crippen LogP) is 8.34. The smallest absolute Gasteiger partial charge is 0.354 e. The fourth-order valence-corrected chi connectivity index (χ4v) is 8.36. The van der Waals surface area contributed by atoms with Crippen LogP contribution < -0.4 is 4.74 Å². The van der Waals surface area contributed by atoms with Crippen molar-refractivity contribution in [2.45, 2.75) is 71.3 Å². The van der Waals surface area contributed by atoms with Crippen LogP contribution in [-0.2, 0) is 60.8 Å². The van der Waals surface area contributed by atoms with Gasteiger partial charge in [0.05, 0.1) is 48.9 Å². The fourth-order valence-electron chi connectivity index (χ4n) is 8.11. The predicted molar refractivity (Wildman–Crippen MR) is 201 cm³/mol. The molecule has 276 valence electrons. The van der Waals surface area contributed by atoms with Crippen molar-refractivity contribution in [3.8, 4) is 16.9 Å². The van der Waals surface area contributed by atoms with E-state index in [1.165, 1.54) is 13.2 Å². The molecule has 1 saturated heterocycles. The molecular formula is C41H43ClFN5O5. The molecule has 3 aromatic heterocycles. The van der Waals surface area contributed by atoms with Crippen LogP contribution in [0.5, 0.6) is 5.75 Å². The molecular weight excluding hydrogens is 697 g/mol. The quantitative estimate of drug-likeness (QED) is 0.165. The van der Waals surface area contributed by atoms with Crippen LogP contribution in [0.1, 0.15) is 76.3 Å². The molecule has 2 aliphatic heterocycles. The average molecular weight is 740 g/mol. The second kappa shape index (κ2) is 14.6. The highest BCUT2D eigenvalue weighted by Gasteiger charge is 2.30. The molecule has 0 saturated carbocycles. The van der Waals surface area contributed by atoms with Gasteiger partial charge in [-0.1, -0.05) is 23.7 Å². The van der Waals surface area contributed by atoms with Gasteiger partial charge in [0.15, 0.2) is 0 Å². The second-order valence-electron chi connectivity index (χ2n) is 14.0. The molecule has 6 aromatic rings. The van der Waals surface area contributed by atoms with Crippen molar-refractivity contribution in [3.63, 3.8) is 0 Å². The minimum atomic E-state index is -0.432. The lowest BCUT2D eigenvalue weighted by Crippen LogP contribution is -2.20. The largest absolute Gasteiger partial charge is 0.493 e. The lowest BCUT2D eigenvalue weighted by molar-refractivity contribution is -0.0411. The fraction of sp³-hybridized carbons (Fsp3) is 0.390. The molecule has 0 N–H and O–H groups in total. The van der Waals surface area contributed by atoms with Crippen molar-refractivity contribution in [3.05, 3.63) is 99.0 Å². The third-order valence-electron chi connectivity index (χ3n) is 10.6. The van der Waals surface area contributed by atoms with E-state index in [1.54, 1.807) is 12.1 Å². The molecule has 0 radical (unpaired) electrons. The zero-order valence-electron chi connectivity index (χ0n) is 30.5. The Bertz CT molecular complexity index is 2350. The summed E-state index contributed by atoms with van der Waals surface area (Å²) in [5.41, 5.74) is 8.30. The summed E-state index contributed by atoms with van der Waals surface area (Å²) >= 11 is 7.15. The first-order chi connectivity index (χ1) is 25.7.